The van der Waals surface area contributed by atoms with Gasteiger partial charge in [-0.3, -0.25) is 9.59 Å². The first kappa shape index (κ1) is 29.2. The van der Waals surface area contributed by atoms with Crippen LogP contribution in [0.2, 0.25) is 0 Å². The van der Waals surface area contributed by atoms with Crippen LogP contribution in [0.4, 0.5) is 13.2 Å². The lowest BCUT2D eigenvalue weighted by atomic mass is 9.79. The Labute approximate surface area is 230 Å². The highest BCUT2D eigenvalue weighted by atomic mass is 19.4. The average molecular weight is 558 g/mol. The highest BCUT2D eigenvalue weighted by Gasteiger charge is 2.46. The lowest BCUT2D eigenvalue weighted by Gasteiger charge is -2.36. The van der Waals surface area contributed by atoms with E-state index in [2.05, 4.69) is 15.6 Å². The summed E-state index contributed by atoms with van der Waals surface area (Å²) in [5.41, 5.74) is -0.887. The third-order valence-electron chi connectivity index (χ3n) is 8.11. The van der Waals surface area contributed by atoms with Crippen LogP contribution in [0.25, 0.3) is 10.9 Å². The molecular formula is C30H34F3N3O4. The number of nitrogens with one attached hydrogen (secondary N) is 3. The third-order valence-corrected chi connectivity index (χ3v) is 8.11. The summed E-state index contributed by atoms with van der Waals surface area (Å²) in [7, 11) is 0. The number of fused-ring (bicyclic) bond motifs is 3. The van der Waals surface area contributed by atoms with Crippen LogP contribution in [0.3, 0.4) is 0 Å². The minimum atomic E-state index is -4.58. The first-order valence-electron chi connectivity index (χ1n) is 13.5. The van der Waals surface area contributed by atoms with E-state index in [1.165, 1.54) is 12.1 Å². The molecule has 0 bridgehead atoms. The van der Waals surface area contributed by atoms with Crippen molar-refractivity contribution in [3.63, 3.8) is 0 Å². The van der Waals surface area contributed by atoms with Gasteiger partial charge in [-0.25, -0.2) is 4.79 Å². The van der Waals surface area contributed by atoms with E-state index < -0.39 is 41.1 Å². The average Bonchev–Trinajstić information content (AvgIpc) is 3.29. The number of para-hydroxylation sites is 1. The molecule has 2 aromatic carbocycles. The number of hydrogen-bond acceptors (Lipinski definition) is 3. The number of carbonyl (C=O) groups excluding carboxylic acids is 2. The smallest absolute Gasteiger partial charge is 0.418 e. The molecule has 1 aliphatic carbocycles. The standard InChI is InChI=1S/C30H34F3N3O4/c1-4-17(3)24(35-26(37)19(5-2)18-10-7-6-8-11-18)27(38)36-29(28(39)40)15-14-23-21(16-29)20-12-9-13-22(25(20)34-23)30(31,32)33/h6-13,17,19,24,34H,4-5,14-16H2,1-3H3,(H,35,37)(H,36,38)(H,39,40)/t17?,19-,24+,29-/m1/s1. The second-order valence-corrected chi connectivity index (χ2v) is 10.6. The molecule has 0 saturated heterocycles. The number of aromatic amines is 1. The number of benzene rings is 2. The normalized spacial score (nSPS) is 19.4. The van der Waals surface area contributed by atoms with Crippen molar-refractivity contribution in [2.75, 3.05) is 0 Å². The first-order valence-corrected chi connectivity index (χ1v) is 13.5. The maximum Gasteiger partial charge on any atom is 0.418 e. The van der Waals surface area contributed by atoms with Gasteiger partial charge >= 0.3 is 12.1 Å². The SMILES string of the molecule is CCC(C)[C@H](NC(=O)[C@H](CC)c1ccccc1)C(=O)N[C@]1(C(=O)O)CCc2[nH]c3c(C(F)(F)F)cccc3c2C1. The lowest BCUT2D eigenvalue weighted by Crippen LogP contribution is -2.62. The number of aryl methyl sites for hydroxylation is 1. The third kappa shape index (κ3) is 5.57. The molecule has 1 unspecified atom stereocenters. The molecule has 1 aliphatic rings. The number of aromatic nitrogens is 1. The number of hydrogen-bond donors (Lipinski definition) is 4. The Bertz CT molecular complexity index is 1400. The molecule has 0 saturated carbocycles. The summed E-state index contributed by atoms with van der Waals surface area (Å²) in [6.07, 6.45) is -3.59. The quantitative estimate of drug-likeness (QED) is 0.285. The summed E-state index contributed by atoms with van der Waals surface area (Å²) in [5.74, 6) is -3.03. The number of halogens is 3. The topological polar surface area (TPSA) is 111 Å². The number of carboxylic acids is 1. The zero-order valence-electron chi connectivity index (χ0n) is 22.7. The molecule has 2 amide bonds. The highest BCUT2D eigenvalue weighted by Crippen LogP contribution is 2.40. The highest BCUT2D eigenvalue weighted by molar-refractivity contribution is 5.95. The number of alkyl halides is 3. The number of H-pyrrole nitrogens is 1. The van der Waals surface area contributed by atoms with Crippen LogP contribution in [0.1, 0.15) is 68.3 Å². The van der Waals surface area contributed by atoms with Gasteiger partial charge in [0.2, 0.25) is 11.8 Å². The second-order valence-electron chi connectivity index (χ2n) is 10.6. The molecule has 4 atom stereocenters. The predicted molar refractivity (Wildman–Crippen MR) is 145 cm³/mol. The van der Waals surface area contributed by atoms with Crippen molar-refractivity contribution in [1.29, 1.82) is 0 Å². The van der Waals surface area contributed by atoms with Crippen LogP contribution < -0.4 is 10.6 Å². The maximum atomic E-state index is 13.7. The van der Waals surface area contributed by atoms with Gasteiger partial charge in [-0.05, 0) is 42.4 Å². The Morgan fingerprint density at radius 1 is 1.02 bits per heavy atom. The Kier molecular flexibility index (Phi) is 8.28. The van der Waals surface area contributed by atoms with E-state index in [0.29, 0.717) is 24.1 Å². The molecule has 4 rings (SSSR count). The van der Waals surface area contributed by atoms with E-state index in [-0.39, 0.29) is 42.0 Å². The van der Waals surface area contributed by atoms with Crippen LogP contribution >= 0.6 is 0 Å². The molecular weight excluding hydrogens is 523 g/mol. The molecule has 0 aliphatic heterocycles. The predicted octanol–water partition coefficient (Wildman–Crippen LogP) is 5.34. The molecule has 4 N–H and O–H groups in total. The molecule has 10 heteroatoms. The molecule has 1 heterocycles. The van der Waals surface area contributed by atoms with Crippen LogP contribution in [-0.2, 0) is 33.4 Å². The van der Waals surface area contributed by atoms with E-state index >= 15 is 0 Å². The summed E-state index contributed by atoms with van der Waals surface area (Å²) in [4.78, 5) is 42.4. The molecule has 7 nitrogen and oxygen atoms in total. The number of carbonyl (C=O) groups is 3. The van der Waals surface area contributed by atoms with Crippen LogP contribution in [0, 0.1) is 5.92 Å². The Balaban J connectivity index is 1.63. The summed E-state index contributed by atoms with van der Waals surface area (Å²) in [5, 5.41) is 16.1. The van der Waals surface area contributed by atoms with Gasteiger partial charge in [-0.15, -0.1) is 0 Å². The van der Waals surface area contributed by atoms with E-state index in [0.717, 1.165) is 11.6 Å². The van der Waals surface area contributed by atoms with E-state index in [1.54, 1.807) is 6.92 Å². The zero-order valence-corrected chi connectivity index (χ0v) is 22.7. The molecule has 40 heavy (non-hydrogen) atoms. The van der Waals surface area contributed by atoms with Crippen molar-refractivity contribution in [3.05, 3.63) is 70.9 Å². The van der Waals surface area contributed by atoms with Gasteiger partial charge in [0.1, 0.15) is 11.6 Å². The number of amides is 2. The van der Waals surface area contributed by atoms with Crippen LogP contribution in [-0.4, -0.2) is 39.5 Å². The fourth-order valence-electron chi connectivity index (χ4n) is 5.58. The lowest BCUT2D eigenvalue weighted by molar-refractivity contribution is -0.149. The molecule has 214 valence electrons. The largest absolute Gasteiger partial charge is 0.479 e. The minimum Gasteiger partial charge on any atom is -0.479 e. The maximum absolute atomic E-state index is 13.7. The van der Waals surface area contributed by atoms with Gasteiger partial charge in [-0.2, -0.15) is 13.2 Å². The monoisotopic (exact) mass is 557 g/mol. The van der Waals surface area contributed by atoms with Crippen molar-refractivity contribution in [2.24, 2.45) is 5.92 Å². The summed E-state index contributed by atoms with van der Waals surface area (Å²) in [6, 6.07) is 12.0. The zero-order chi connectivity index (χ0) is 29.2. The van der Waals surface area contributed by atoms with Gasteiger partial charge < -0.3 is 20.7 Å². The fourth-order valence-corrected chi connectivity index (χ4v) is 5.58. The molecule has 3 aromatic rings. The minimum absolute atomic E-state index is 0.0159. The van der Waals surface area contributed by atoms with Gasteiger partial charge in [-0.1, -0.05) is 69.7 Å². The molecule has 0 spiro atoms. The number of rotatable bonds is 9. The number of carboxylic acid groups (broad SMARTS) is 1. The Morgan fingerprint density at radius 3 is 2.33 bits per heavy atom. The Morgan fingerprint density at radius 2 is 1.73 bits per heavy atom. The van der Waals surface area contributed by atoms with Crippen LogP contribution in [0.15, 0.2) is 48.5 Å². The fraction of sp³-hybridized carbons (Fsp3) is 0.433. The van der Waals surface area contributed by atoms with E-state index in [1.807, 2.05) is 44.2 Å². The van der Waals surface area contributed by atoms with Gasteiger partial charge in [0.15, 0.2) is 0 Å². The molecule has 1 aromatic heterocycles. The van der Waals surface area contributed by atoms with Gasteiger partial charge in [0, 0.05) is 17.5 Å². The Hall–Kier alpha value is -3.82. The van der Waals surface area contributed by atoms with Crippen molar-refractivity contribution in [1.82, 2.24) is 15.6 Å². The second kappa shape index (κ2) is 11.3. The van der Waals surface area contributed by atoms with Crippen molar-refractivity contribution in [3.8, 4) is 0 Å². The molecule has 0 fully saturated rings. The molecule has 0 radical (unpaired) electrons. The summed E-state index contributed by atoms with van der Waals surface area (Å²) in [6.45, 7) is 5.55. The summed E-state index contributed by atoms with van der Waals surface area (Å²) < 4.78 is 40.9. The van der Waals surface area contributed by atoms with Crippen molar-refractivity contribution in [2.45, 2.75) is 76.6 Å². The van der Waals surface area contributed by atoms with Crippen molar-refractivity contribution >= 4 is 28.7 Å². The number of aliphatic carboxylic acids is 1. The van der Waals surface area contributed by atoms with Crippen molar-refractivity contribution < 1.29 is 32.7 Å². The van der Waals surface area contributed by atoms with Gasteiger partial charge in [0.25, 0.3) is 0 Å². The van der Waals surface area contributed by atoms with E-state index in [4.69, 9.17) is 0 Å². The summed E-state index contributed by atoms with van der Waals surface area (Å²) >= 11 is 0. The van der Waals surface area contributed by atoms with Crippen LogP contribution in [0.5, 0.6) is 0 Å². The first-order chi connectivity index (χ1) is 18.9. The van der Waals surface area contributed by atoms with E-state index in [9.17, 15) is 32.7 Å². The van der Waals surface area contributed by atoms with Gasteiger partial charge in [0.05, 0.1) is 17.0 Å².